The fraction of sp³-hybridized carbons (Fsp3) is 0.333. The van der Waals surface area contributed by atoms with E-state index in [0.717, 1.165) is 0 Å². The van der Waals surface area contributed by atoms with Crippen LogP contribution in [0, 0.1) is 5.92 Å². The molecule has 34 heavy (non-hydrogen) atoms. The molecule has 1 atom stereocenters. The molecule has 0 aliphatic carbocycles. The van der Waals surface area contributed by atoms with Gasteiger partial charge in [0.15, 0.2) is 11.0 Å². The number of nitrogens with zero attached hydrogens (tertiary/aromatic N) is 3. The summed E-state index contributed by atoms with van der Waals surface area (Å²) >= 11 is 7.31. The van der Waals surface area contributed by atoms with Crippen molar-refractivity contribution >= 4 is 40.9 Å². The average molecular weight is 502 g/mol. The van der Waals surface area contributed by atoms with Crippen molar-refractivity contribution in [2.24, 2.45) is 5.92 Å². The minimum atomic E-state index is -0.334. The summed E-state index contributed by atoms with van der Waals surface area (Å²) < 4.78 is 7.20. The standard InChI is InChI=1S/C24H28ClN5O3S/c1-5-30-22(21(15(2)3)27-23(32)16-9-7-6-8-10-16)28-29-24(30)34-14-20(31)26-18-13-17(25)11-12-19(18)33-4/h6-13,15,21H,5,14H2,1-4H3,(H,26,31)(H,27,32)/t21-/m1/s1. The minimum absolute atomic E-state index is 0.0820. The van der Waals surface area contributed by atoms with Crippen LogP contribution in [0.2, 0.25) is 5.02 Å². The number of anilines is 1. The first-order valence-corrected chi connectivity index (χ1v) is 12.3. The Balaban J connectivity index is 1.72. The smallest absolute Gasteiger partial charge is 0.251 e. The van der Waals surface area contributed by atoms with Gasteiger partial charge in [-0.1, -0.05) is 55.4 Å². The summed E-state index contributed by atoms with van der Waals surface area (Å²) in [6.07, 6.45) is 0. The third-order valence-corrected chi connectivity index (χ3v) is 6.30. The predicted octanol–water partition coefficient (Wildman–Crippen LogP) is 4.82. The van der Waals surface area contributed by atoms with Crippen molar-refractivity contribution in [2.75, 3.05) is 18.2 Å². The molecule has 0 bridgehead atoms. The maximum Gasteiger partial charge on any atom is 0.251 e. The highest BCUT2D eigenvalue weighted by Crippen LogP contribution is 2.29. The van der Waals surface area contributed by atoms with E-state index in [1.165, 1.54) is 18.9 Å². The van der Waals surface area contributed by atoms with Crippen LogP contribution in [0.3, 0.4) is 0 Å². The lowest BCUT2D eigenvalue weighted by Crippen LogP contribution is -2.33. The Morgan fingerprint density at radius 3 is 2.53 bits per heavy atom. The Labute approximate surface area is 208 Å². The van der Waals surface area contributed by atoms with Gasteiger partial charge in [-0.2, -0.15) is 0 Å². The molecule has 10 heteroatoms. The molecular weight excluding hydrogens is 474 g/mol. The second kappa shape index (κ2) is 11.9. The van der Waals surface area contributed by atoms with Gasteiger partial charge in [-0.25, -0.2) is 0 Å². The summed E-state index contributed by atoms with van der Waals surface area (Å²) in [5.74, 6) is 0.983. The van der Waals surface area contributed by atoms with Gasteiger partial charge in [0.2, 0.25) is 5.91 Å². The van der Waals surface area contributed by atoms with E-state index in [1.807, 2.05) is 43.5 Å². The first-order valence-electron chi connectivity index (χ1n) is 10.9. The van der Waals surface area contributed by atoms with E-state index in [0.29, 0.717) is 39.5 Å². The van der Waals surface area contributed by atoms with Crippen molar-refractivity contribution in [3.8, 4) is 5.75 Å². The van der Waals surface area contributed by atoms with Crippen LogP contribution in [0.4, 0.5) is 5.69 Å². The van der Waals surface area contributed by atoms with Crippen LogP contribution in [0.15, 0.2) is 53.7 Å². The first kappa shape index (κ1) is 25.6. The van der Waals surface area contributed by atoms with E-state index in [4.69, 9.17) is 16.3 Å². The van der Waals surface area contributed by atoms with Crippen molar-refractivity contribution in [2.45, 2.75) is 38.5 Å². The van der Waals surface area contributed by atoms with Crippen molar-refractivity contribution in [3.63, 3.8) is 0 Å². The van der Waals surface area contributed by atoms with Crippen LogP contribution in [0.25, 0.3) is 0 Å². The number of nitrogens with one attached hydrogen (secondary N) is 2. The lowest BCUT2D eigenvalue weighted by atomic mass is 10.0. The Morgan fingerprint density at radius 2 is 1.88 bits per heavy atom. The Morgan fingerprint density at radius 1 is 1.15 bits per heavy atom. The third kappa shape index (κ3) is 6.30. The fourth-order valence-electron chi connectivity index (χ4n) is 3.37. The lowest BCUT2D eigenvalue weighted by molar-refractivity contribution is -0.113. The van der Waals surface area contributed by atoms with E-state index >= 15 is 0 Å². The summed E-state index contributed by atoms with van der Waals surface area (Å²) in [6, 6.07) is 13.7. The van der Waals surface area contributed by atoms with Gasteiger partial charge in [-0.15, -0.1) is 10.2 Å². The van der Waals surface area contributed by atoms with Gasteiger partial charge < -0.3 is 19.9 Å². The summed E-state index contributed by atoms with van der Waals surface area (Å²) in [5.41, 5.74) is 1.08. The number of amides is 2. The fourth-order valence-corrected chi connectivity index (χ4v) is 4.35. The van der Waals surface area contributed by atoms with Crippen LogP contribution < -0.4 is 15.4 Å². The van der Waals surface area contributed by atoms with Crippen LogP contribution in [-0.4, -0.2) is 39.4 Å². The quantitative estimate of drug-likeness (QED) is 0.386. The number of carbonyl (C=O) groups is 2. The number of ether oxygens (including phenoxy) is 1. The number of thioether (sulfide) groups is 1. The largest absolute Gasteiger partial charge is 0.495 e. The Hall–Kier alpha value is -3.04. The zero-order valence-corrected chi connectivity index (χ0v) is 21.1. The zero-order valence-electron chi connectivity index (χ0n) is 19.5. The average Bonchev–Trinajstić information content (AvgIpc) is 3.24. The highest BCUT2D eigenvalue weighted by atomic mass is 35.5. The maximum atomic E-state index is 12.8. The van der Waals surface area contributed by atoms with E-state index in [2.05, 4.69) is 20.8 Å². The number of hydrogen-bond donors (Lipinski definition) is 2. The molecule has 0 aliphatic rings. The van der Waals surface area contributed by atoms with E-state index in [-0.39, 0.29) is 29.5 Å². The SMILES string of the molecule is CCn1c(SCC(=O)Nc2cc(Cl)ccc2OC)nnc1[C@H](NC(=O)c1ccccc1)C(C)C. The molecule has 1 heterocycles. The topological polar surface area (TPSA) is 98.1 Å². The molecule has 0 saturated carbocycles. The van der Waals surface area contributed by atoms with Crippen molar-refractivity contribution in [1.82, 2.24) is 20.1 Å². The number of benzene rings is 2. The molecule has 2 amide bonds. The number of halogens is 1. The number of rotatable bonds is 10. The first-order chi connectivity index (χ1) is 16.3. The Bertz CT molecular complexity index is 1140. The monoisotopic (exact) mass is 501 g/mol. The van der Waals surface area contributed by atoms with Gasteiger partial charge in [0.05, 0.1) is 24.6 Å². The van der Waals surface area contributed by atoms with Gasteiger partial charge in [-0.3, -0.25) is 9.59 Å². The summed E-state index contributed by atoms with van der Waals surface area (Å²) in [5, 5.41) is 15.7. The highest BCUT2D eigenvalue weighted by Gasteiger charge is 2.26. The second-order valence-electron chi connectivity index (χ2n) is 7.83. The number of methoxy groups -OCH3 is 1. The molecule has 0 fully saturated rings. The number of carbonyl (C=O) groups excluding carboxylic acids is 2. The van der Waals surface area contributed by atoms with Gasteiger partial charge in [0.1, 0.15) is 5.75 Å². The molecule has 0 aliphatic heterocycles. The summed E-state index contributed by atoms with van der Waals surface area (Å²) in [4.78, 5) is 25.3. The molecule has 0 spiro atoms. The molecular formula is C24H28ClN5O3S. The Kier molecular flexibility index (Phi) is 8.95. The molecule has 0 saturated heterocycles. The predicted molar refractivity (Wildman–Crippen MR) is 135 cm³/mol. The van der Waals surface area contributed by atoms with Crippen molar-refractivity contribution in [1.29, 1.82) is 0 Å². The van der Waals surface area contributed by atoms with Crippen LogP contribution >= 0.6 is 23.4 Å². The van der Waals surface area contributed by atoms with Crippen molar-refractivity contribution < 1.29 is 14.3 Å². The van der Waals surface area contributed by atoms with Gasteiger partial charge in [0, 0.05) is 17.1 Å². The van der Waals surface area contributed by atoms with Crippen LogP contribution in [0.1, 0.15) is 43.0 Å². The summed E-state index contributed by atoms with van der Waals surface area (Å²) in [6.45, 7) is 6.61. The minimum Gasteiger partial charge on any atom is -0.495 e. The molecule has 3 aromatic rings. The van der Waals surface area contributed by atoms with Crippen LogP contribution in [-0.2, 0) is 11.3 Å². The number of hydrogen-bond acceptors (Lipinski definition) is 6. The molecule has 2 N–H and O–H groups in total. The normalized spacial score (nSPS) is 11.8. The molecule has 180 valence electrons. The number of aromatic nitrogens is 3. The van der Waals surface area contributed by atoms with E-state index in [9.17, 15) is 9.59 Å². The molecule has 2 aromatic carbocycles. The molecule has 0 unspecified atom stereocenters. The lowest BCUT2D eigenvalue weighted by Gasteiger charge is -2.22. The maximum absolute atomic E-state index is 12.8. The highest BCUT2D eigenvalue weighted by molar-refractivity contribution is 7.99. The molecule has 8 nitrogen and oxygen atoms in total. The summed E-state index contributed by atoms with van der Waals surface area (Å²) in [7, 11) is 1.53. The van der Waals surface area contributed by atoms with Crippen molar-refractivity contribution in [3.05, 3.63) is 64.9 Å². The molecule has 0 radical (unpaired) electrons. The second-order valence-corrected chi connectivity index (χ2v) is 9.21. The van der Waals surface area contributed by atoms with Gasteiger partial charge >= 0.3 is 0 Å². The zero-order chi connectivity index (χ0) is 24.7. The van der Waals surface area contributed by atoms with Crippen LogP contribution in [0.5, 0.6) is 5.75 Å². The molecule has 1 aromatic heterocycles. The van der Waals surface area contributed by atoms with E-state index in [1.54, 1.807) is 30.3 Å². The van der Waals surface area contributed by atoms with E-state index < -0.39 is 0 Å². The third-order valence-electron chi connectivity index (χ3n) is 5.10. The van der Waals surface area contributed by atoms with Gasteiger partial charge in [0.25, 0.3) is 5.91 Å². The molecule has 3 rings (SSSR count). The van der Waals surface area contributed by atoms with Gasteiger partial charge in [-0.05, 0) is 43.2 Å².